The molecule has 3 aromatic carbocycles. The maximum Gasteiger partial charge on any atom is 0.307 e. The van der Waals surface area contributed by atoms with Gasteiger partial charge in [0, 0.05) is 17.1 Å². The fourth-order valence-electron chi connectivity index (χ4n) is 4.28. The highest BCUT2D eigenvalue weighted by molar-refractivity contribution is 6.32. The van der Waals surface area contributed by atoms with Gasteiger partial charge in [-0.05, 0) is 98.6 Å². The lowest BCUT2D eigenvalue weighted by atomic mass is 10.2. The quantitative estimate of drug-likeness (QED) is 0.139. The van der Waals surface area contributed by atoms with Crippen LogP contribution in [0.4, 0.5) is 0 Å². The standard InChI is InChI=1S/C33H30ClN3O4/c1-22-4-8-25(9-5-22)20-40-31-16-10-26(18-30(31)34)19-35-36-33(38)32-17-15-29(41-32)21-39-28-13-11-27(12-14-28)37-23(2)6-7-24(37)3/h4-19H,20-21H2,1-3H3,(H,36,38)/b35-19+. The van der Waals surface area contributed by atoms with Gasteiger partial charge in [0.2, 0.25) is 0 Å². The van der Waals surface area contributed by atoms with Crippen LogP contribution in [0.3, 0.4) is 0 Å². The molecule has 0 saturated carbocycles. The molecule has 5 rings (SSSR count). The number of nitrogens with one attached hydrogen (secondary N) is 1. The Bertz CT molecular complexity index is 1650. The average Bonchev–Trinajstić information content (AvgIpc) is 3.58. The molecule has 2 heterocycles. The Labute approximate surface area is 244 Å². The Hall–Kier alpha value is -4.75. The number of benzene rings is 3. The smallest absolute Gasteiger partial charge is 0.307 e. The monoisotopic (exact) mass is 567 g/mol. The normalized spacial score (nSPS) is 11.1. The molecule has 0 aliphatic heterocycles. The Morgan fingerprint density at radius 1 is 0.878 bits per heavy atom. The van der Waals surface area contributed by atoms with Crippen LogP contribution in [0.5, 0.6) is 11.5 Å². The van der Waals surface area contributed by atoms with Crippen LogP contribution in [-0.4, -0.2) is 16.7 Å². The first kappa shape index (κ1) is 27.8. The van der Waals surface area contributed by atoms with Crippen molar-refractivity contribution < 1.29 is 18.7 Å². The molecule has 0 radical (unpaired) electrons. The van der Waals surface area contributed by atoms with Crippen LogP contribution >= 0.6 is 11.6 Å². The van der Waals surface area contributed by atoms with Crippen LogP contribution in [0.15, 0.2) is 101 Å². The molecule has 0 saturated heterocycles. The van der Waals surface area contributed by atoms with E-state index in [-0.39, 0.29) is 12.4 Å². The first-order chi connectivity index (χ1) is 19.9. The predicted octanol–water partition coefficient (Wildman–Crippen LogP) is 7.57. The largest absolute Gasteiger partial charge is 0.487 e. The molecule has 1 N–H and O–H groups in total. The van der Waals surface area contributed by atoms with E-state index < -0.39 is 5.91 Å². The molecule has 0 atom stereocenters. The van der Waals surface area contributed by atoms with E-state index in [9.17, 15) is 4.79 Å². The summed E-state index contributed by atoms with van der Waals surface area (Å²) in [6, 6.07) is 28.7. The van der Waals surface area contributed by atoms with Gasteiger partial charge < -0.3 is 18.5 Å². The van der Waals surface area contributed by atoms with Crippen molar-refractivity contribution >= 4 is 23.7 Å². The maximum atomic E-state index is 12.5. The van der Waals surface area contributed by atoms with Crippen molar-refractivity contribution in [1.82, 2.24) is 9.99 Å². The fourth-order valence-corrected chi connectivity index (χ4v) is 4.52. The molecule has 5 aromatic rings. The number of hydrazone groups is 1. The van der Waals surface area contributed by atoms with Crippen molar-refractivity contribution in [2.45, 2.75) is 34.0 Å². The number of aromatic nitrogens is 1. The fraction of sp³-hybridized carbons (Fsp3) is 0.152. The van der Waals surface area contributed by atoms with E-state index in [0.717, 1.165) is 11.3 Å². The van der Waals surface area contributed by atoms with Crippen molar-refractivity contribution in [3.63, 3.8) is 0 Å². The van der Waals surface area contributed by atoms with Crippen molar-refractivity contribution in [2.24, 2.45) is 5.10 Å². The van der Waals surface area contributed by atoms with Crippen molar-refractivity contribution in [1.29, 1.82) is 0 Å². The molecule has 0 spiro atoms. The van der Waals surface area contributed by atoms with Crippen molar-refractivity contribution in [3.8, 4) is 17.2 Å². The van der Waals surface area contributed by atoms with Gasteiger partial charge in [0.15, 0.2) is 5.76 Å². The number of hydrogen-bond donors (Lipinski definition) is 1. The van der Waals surface area contributed by atoms with Gasteiger partial charge in [-0.2, -0.15) is 5.10 Å². The van der Waals surface area contributed by atoms with Gasteiger partial charge in [-0.1, -0.05) is 41.4 Å². The van der Waals surface area contributed by atoms with E-state index in [1.54, 1.807) is 24.3 Å². The Balaban J connectivity index is 1.10. The van der Waals surface area contributed by atoms with E-state index in [0.29, 0.717) is 34.5 Å². The predicted molar refractivity (Wildman–Crippen MR) is 160 cm³/mol. The number of carbonyl (C=O) groups is 1. The summed E-state index contributed by atoms with van der Waals surface area (Å²) in [4.78, 5) is 12.5. The Morgan fingerprint density at radius 3 is 2.32 bits per heavy atom. The zero-order chi connectivity index (χ0) is 28.8. The number of aryl methyl sites for hydroxylation is 3. The highest BCUT2D eigenvalue weighted by Gasteiger charge is 2.11. The lowest BCUT2D eigenvalue weighted by Crippen LogP contribution is -2.16. The Morgan fingerprint density at radius 2 is 1.61 bits per heavy atom. The van der Waals surface area contributed by atoms with Crippen LogP contribution < -0.4 is 14.9 Å². The molecule has 0 bridgehead atoms. The minimum atomic E-state index is -0.474. The SMILES string of the molecule is Cc1ccc(COc2ccc(/C=N/NC(=O)c3ccc(COc4ccc(-n5c(C)ccc5C)cc4)o3)cc2Cl)cc1. The Kier molecular flexibility index (Phi) is 8.56. The number of hydrogen-bond acceptors (Lipinski definition) is 5. The maximum absolute atomic E-state index is 12.5. The van der Waals surface area contributed by atoms with Gasteiger partial charge in [-0.3, -0.25) is 4.79 Å². The summed E-state index contributed by atoms with van der Waals surface area (Å²) in [5.41, 5.74) is 8.83. The van der Waals surface area contributed by atoms with Crippen LogP contribution in [-0.2, 0) is 13.2 Å². The van der Waals surface area contributed by atoms with E-state index in [1.807, 2.05) is 61.5 Å². The van der Waals surface area contributed by atoms with E-state index in [1.165, 1.54) is 23.2 Å². The summed E-state index contributed by atoms with van der Waals surface area (Å²) in [6.45, 7) is 6.79. The number of furan rings is 1. The number of nitrogens with zero attached hydrogens (tertiary/aromatic N) is 2. The molecule has 7 nitrogen and oxygen atoms in total. The molecule has 1 amide bonds. The van der Waals surface area contributed by atoms with Gasteiger partial charge in [0.25, 0.3) is 0 Å². The summed E-state index contributed by atoms with van der Waals surface area (Å²) in [5.74, 6) is 1.45. The molecule has 0 fully saturated rings. The molecular formula is C33H30ClN3O4. The van der Waals surface area contributed by atoms with E-state index in [2.05, 4.69) is 41.1 Å². The molecule has 208 valence electrons. The topological polar surface area (TPSA) is 78.0 Å². The van der Waals surface area contributed by atoms with Crippen LogP contribution in [0.2, 0.25) is 5.02 Å². The molecule has 41 heavy (non-hydrogen) atoms. The summed E-state index contributed by atoms with van der Waals surface area (Å²) in [5, 5.41) is 4.47. The second-order valence-corrected chi connectivity index (χ2v) is 10.1. The lowest BCUT2D eigenvalue weighted by molar-refractivity contribution is 0.0923. The van der Waals surface area contributed by atoms with Crippen molar-refractivity contribution in [2.75, 3.05) is 0 Å². The minimum absolute atomic E-state index is 0.132. The van der Waals surface area contributed by atoms with Gasteiger partial charge in [0.05, 0.1) is 11.2 Å². The van der Waals surface area contributed by atoms with Gasteiger partial charge >= 0.3 is 5.91 Å². The lowest BCUT2D eigenvalue weighted by Gasteiger charge is -2.10. The van der Waals surface area contributed by atoms with Crippen LogP contribution in [0, 0.1) is 20.8 Å². The van der Waals surface area contributed by atoms with Gasteiger partial charge in [-0.15, -0.1) is 0 Å². The number of amides is 1. The summed E-state index contributed by atoms with van der Waals surface area (Å²) in [6.07, 6.45) is 1.50. The summed E-state index contributed by atoms with van der Waals surface area (Å²) >= 11 is 6.38. The number of rotatable bonds is 10. The second-order valence-electron chi connectivity index (χ2n) is 9.66. The first-order valence-electron chi connectivity index (χ1n) is 13.1. The van der Waals surface area contributed by atoms with Gasteiger partial charge in [-0.25, -0.2) is 5.43 Å². The van der Waals surface area contributed by atoms with Crippen molar-refractivity contribution in [3.05, 3.63) is 136 Å². The molecular weight excluding hydrogens is 538 g/mol. The highest BCUT2D eigenvalue weighted by atomic mass is 35.5. The molecule has 0 aliphatic rings. The zero-order valence-electron chi connectivity index (χ0n) is 23.1. The first-order valence-corrected chi connectivity index (χ1v) is 13.5. The second kappa shape index (κ2) is 12.6. The molecule has 2 aromatic heterocycles. The summed E-state index contributed by atoms with van der Waals surface area (Å²) in [7, 11) is 0. The highest BCUT2D eigenvalue weighted by Crippen LogP contribution is 2.26. The minimum Gasteiger partial charge on any atom is -0.487 e. The third-order valence-electron chi connectivity index (χ3n) is 6.48. The number of ether oxygens (including phenoxy) is 2. The van der Waals surface area contributed by atoms with Crippen LogP contribution in [0.1, 0.15) is 44.4 Å². The third kappa shape index (κ3) is 7.07. The van der Waals surface area contributed by atoms with E-state index >= 15 is 0 Å². The van der Waals surface area contributed by atoms with Gasteiger partial charge in [0.1, 0.15) is 30.5 Å². The summed E-state index contributed by atoms with van der Waals surface area (Å²) < 4.78 is 19.5. The molecule has 0 unspecified atom stereocenters. The number of carbonyl (C=O) groups excluding carboxylic acids is 1. The molecule has 0 aliphatic carbocycles. The average molecular weight is 568 g/mol. The van der Waals surface area contributed by atoms with E-state index in [4.69, 9.17) is 25.5 Å². The third-order valence-corrected chi connectivity index (χ3v) is 6.78. The van der Waals surface area contributed by atoms with Crippen LogP contribution in [0.25, 0.3) is 5.69 Å². The number of halogens is 1. The zero-order valence-corrected chi connectivity index (χ0v) is 23.8. The molecule has 8 heteroatoms.